The van der Waals surface area contributed by atoms with Gasteiger partial charge in [0.25, 0.3) is 0 Å². The summed E-state index contributed by atoms with van der Waals surface area (Å²) < 4.78 is 18.6. The zero-order valence-electron chi connectivity index (χ0n) is 12.4. The van der Waals surface area contributed by atoms with Gasteiger partial charge in [-0.2, -0.15) is 0 Å². The number of ether oxygens (including phenoxy) is 1. The van der Waals surface area contributed by atoms with Gasteiger partial charge < -0.3 is 15.4 Å². The van der Waals surface area contributed by atoms with Crippen LogP contribution < -0.4 is 15.4 Å². The molecule has 2 N–H and O–H groups in total. The minimum atomic E-state index is -0.414. The summed E-state index contributed by atoms with van der Waals surface area (Å²) in [5.41, 5.74) is 1.94. The van der Waals surface area contributed by atoms with Crippen LogP contribution in [0.15, 0.2) is 48.5 Å². The topological polar surface area (TPSA) is 50.4 Å². The largest absolute Gasteiger partial charge is 0.489 e. The number of para-hydroxylation sites is 1. The molecule has 2 aromatic carbocycles. The lowest BCUT2D eigenvalue weighted by Crippen LogP contribution is -2.32. The Kier molecular flexibility index (Phi) is 5.77. The van der Waals surface area contributed by atoms with E-state index >= 15 is 0 Å². The summed E-state index contributed by atoms with van der Waals surface area (Å²) in [6.45, 7) is 2.56. The minimum Gasteiger partial charge on any atom is -0.489 e. The first kappa shape index (κ1) is 15.8. The van der Waals surface area contributed by atoms with Gasteiger partial charge in [-0.3, -0.25) is 0 Å². The molecule has 0 radical (unpaired) electrons. The number of anilines is 1. The molecule has 22 heavy (non-hydrogen) atoms. The first-order chi connectivity index (χ1) is 10.7. The highest BCUT2D eigenvalue weighted by atomic mass is 19.1. The Morgan fingerprint density at radius 1 is 1.14 bits per heavy atom. The van der Waals surface area contributed by atoms with Gasteiger partial charge in [0.1, 0.15) is 6.61 Å². The van der Waals surface area contributed by atoms with E-state index in [9.17, 15) is 9.18 Å². The van der Waals surface area contributed by atoms with Gasteiger partial charge in [0.15, 0.2) is 11.6 Å². The standard InChI is InChI=1S/C17H19FN2O2/c1-2-13-7-9-14(10-8-13)20-17(21)19-11-12-22-16-6-4-3-5-15(16)18/h3-10H,2,11-12H2,1H3,(H2,19,20,21). The number of carbonyl (C=O) groups is 1. The van der Waals surface area contributed by atoms with Crippen LogP contribution in [-0.4, -0.2) is 19.2 Å². The van der Waals surface area contributed by atoms with Gasteiger partial charge in [-0.25, -0.2) is 9.18 Å². The fourth-order valence-electron chi connectivity index (χ4n) is 1.89. The second-order valence-electron chi connectivity index (χ2n) is 4.71. The van der Waals surface area contributed by atoms with Crippen LogP contribution in [0.2, 0.25) is 0 Å². The van der Waals surface area contributed by atoms with Crippen molar-refractivity contribution in [1.82, 2.24) is 5.32 Å². The zero-order valence-corrected chi connectivity index (χ0v) is 12.4. The van der Waals surface area contributed by atoms with Gasteiger partial charge in [0.2, 0.25) is 0 Å². The van der Waals surface area contributed by atoms with Crippen molar-refractivity contribution in [1.29, 1.82) is 0 Å². The molecule has 0 saturated heterocycles. The van der Waals surface area contributed by atoms with Crippen molar-refractivity contribution in [2.24, 2.45) is 0 Å². The molecule has 0 atom stereocenters. The van der Waals surface area contributed by atoms with Gasteiger partial charge in [-0.05, 0) is 36.2 Å². The van der Waals surface area contributed by atoms with Crippen LogP contribution in [0.5, 0.6) is 5.75 Å². The molecule has 2 rings (SSSR count). The fraction of sp³-hybridized carbons (Fsp3) is 0.235. The number of nitrogens with one attached hydrogen (secondary N) is 2. The molecule has 0 unspecified atom stereocenters. The van der Waals surface area contributed by atoms with Crippen LogP contribution in [0.3, 0.4) is 0 Å². The third-order valence-electron chi connectivity index (χ3n) is 3.10. The molecule has 0 heterocycles. The third kappa shape index (κ3) is 4.77. The number of aryl methyl sites for hydroxylation is 1. The van der Waals surface area contributed by atoms with E-state index in [-0.39, 0.29) is 24.9 Å². The molecule has 0 aromatic heterocycles. The number of amides is 2. The molecule has 0 aliphatic rings. The number of rotatable bonds is 6. The normalized spacial score (nSPS) is 10.1. The van der Waals surface area contributed by atoms with Crippen LogP contribution in [0, 0.1) is 5.82 Å². The lowest BCUT2D eigenvalue weighted by atomic mass is 10.1. The quantitative estimate of drug-likeness (QED) is 0.801. The average Bonchev–Trinajstić information content (AvgIpc) is 2.54. The lowest BCUT2D eigenvalue weighted by Gasteiger charge is -2.09. The highest BCUT2D eigenvalue weighted by Gasteiger charge is 2.03. The van der Waals surface area contributed by atoms with E-state index in [4.69, 9.17) is 4.74 Å². The highest BCUT2D eigenvalue weighted by Crippen LogP contribution is 2.14. The Hall–Kier alpha value is -2.56. The first-order valence-electron chi connectivity index (χ1n) is 7.20. The highest BCUT2D eigenvalue weighted by molar-refractivity contribution is 5.89. The van der Waals surface area contributed by atoms with E-state index < -0.39 is 5.82 Å². The van der Waals surface area contributed by atoms with Crippen molar-refractivity contribution in [3.8, 4) is 5.75 Å². The predicted octanol–water partition coefficient (Wildman–Crippen LogP) is 3.59. The van der Waals surface area contributed by atoms with E-state index in [1.54, 1.807) is 18.2 Å². The maximum atomic E-state index is 13.3. The lowest BCUT2D eigenvalue weighted by molar-refractivity contribution is 0.246. The Morgan fingerprint density at radius 3 is 2.55 bits per heavy atom. The maximum Gasteiger partial charge on any atom is 0.319 e. The second kappa shape index (κ2) is 8.02. The van der Waals surface area contributed by atoms with Crippen molar-refractivity contribution in [2.75, 3.05) is 18.5 Å². The van der Waals surface area contributed by atoms with Crippen molar-refractivity contribution < 1.29 is 13.9 Å². The molecule has 0 aliphatic carbocycles. The van der Waals surface area contributed by atoms with Crippen LogP contribution in [0.25, 0.3) is 0 Å². The van der Waals surface area contributed by atoms with Crippen molar-refractivity contribution >= 4 is 11.7 Å². The molecular weight excluding hydrogens is 283 g/mol. The Morgan fingerprint density at radius 2 is 1.86 bits per heavy atom. The summed E-state index contributed by atoms with van der Waals surface area (Å²) in [5.74, 6) is -0.233. The SMILES string of the molecule is CCc1ccc(NC(=O)NCCOc2ccccc2F)cc1. The van der Waals surface area contributed by atoms with Crippen molar-refractivity contribution in [3.05, 3.63) is 59.9 Å². The Bertz CT molecular complexity index is 614. The monoisotopic (exact) mass is 302 g/mol. The van der Waals surface area contributed by atoms with E-state index in [1.807, 2.05) is 24.3 Å². The molecule has 0 fully saturated rings. The third-order valence-corrected chi connectivity index (χ3v) is 3.10. The number of carbonyl (C=O) groups excluding carboxylic acids is 1. The van der Waals surface area contributed by atoms with E-state index in [0.29, 0.717) is 0 Å². The summed E-state index contributed by atoms with van der Waals surface area (Å²) in [5, 5.41) is 5.38. The van der Waals surface area contributed by atoms with Gasteiger partial charge in [0.05, 0.1) is 6.54 Å². The molecule has 0 bridgehead atoms. The second-order valence-corrected chi connectivity index (χ2v) is 4.71. The van der Waals surface area contributed by atoms with Crippen LogP contribution >= 0.6 is 0 Å². The van der Waals surface area contributed by atoms with Gasteiger partial charge >= 0.3 is 6.03 Å². The molecule has 5 heteroatoms. The van der Waals surface area contributed by atoms with Gasteiger partial charge in [0, 0.05) is 5.69 Å². The van der Waals surface area contributed by atoms with Gasteiger partial charge in [-0.15, -0.1) is 0 Å². The predicted molar refractivity (Wildman–Crippen MR) is 84.7 cm³/mol. The Balaban J connectivity index is 1.70. The minimum absolute atomic E-state index is 0.180. The number of hydrogen-bond donors (Lipinski definition) is 2. The van der Waals surface area contributed by atoms with Crippen LogP contribution in [0.1, 0.15) is 12.5 Å². The van der Waals surface area contributed by atoms with E-state index in [1.165, 1.54) is 11.6 Å². The van der Waals surface area contributed by atoms with Crippen LogP contribution in [-0.2, 0) is 6.42 Å². The summed E-state index contributed by atoms with van der Waals surface area (Å²) in [6, 6.07) is 13.5. The Labute approximate surface area is 129 Å². The summed E-state index contributed by atoms with van der Waals surface area (Å²) in [4.78, 5) is 11.7. The first-order valence-corrected chi connectivity index (χ1v) is 7.20. The molecule has 0 saturated carbocycles. The molecule has 2 aromatic rings. The maximum absolute atomic E-state index is 13.3. The molecule has 0 aliphatic heterocycles. The number of urea groups is 1. The molecule has 116 valence electrons. The zero-order chi connectivity index (χ0) is 15.8. The van der Waals surface area contributed by atoms with Crippen molar-refractivity contribution in [3.63, 3.8) is 0 Å². The summed E-state index contributed by atoms with van der Waals surface area (Å²) in [6.07, 6.45) is 0.958. The van der Waals surface area contributed by atoms with E-state index in [0.717, 1.165) is 12.1 Å². The summed E-state index contributed by atoms with van der Waals surface area (Å²) in [7, 11) is 0. The number of halogens is 1. The molecule has 2 amide bonds. The fourth-order valence-corrected chi connectivity index (χ4v) is 1.89. The smallest absolute Gasteiger partial charge is 0.319 e. The molecule has 0 spiro atoms. The number of benzene rings is 2. The van der Waals surface area contributed by atoms with Crippen LogP contribution in [0.4, 0.5) is 14.9 Å². The molecular formula is C17H19FN2O2. The van der Waals surface area contributed by atoms with Crippen molar-refractivity contribution in [2.45, 2.75) is 13.3 Å². The average molecular weight is 302 g/mol. The van der Waals surface area contributed by atoms with Gasteiger partial charge in [-0.1, -0.05) is 31.2 Å². The number of hydrogen-bond acceptors (Lipinski definition) is 2. The summed E-state index contributed by atoms with van der Waals surface area (Å²) >= 11 is 0. The van der Waals surface area contributed by atoms with E-state index in [2.05, 4.69) is 17.6 Å². The molecule has 4 nitrogen and oxygen atoms in total.